The molecule has 0 saturated carbocycles. The Hall–Kier alpha value is -1.25. The predicted molar refractivity (Wildman–Crippen MR) is 103 cm³/mol. The van der Waals surface area contributed by atoms with Crippen LogP contribution in [0.15, 0.2) is 23.3 Å². The van der Waals surface area contributed by atoms with Gasteiger partial charge in [-0.2, -0.15) is 0 Å². The maximum Gasteiger partial charge on any atom is 0.337 e. The van der Waals surface area contributed by atoms with Gasteiger partial charge in [-0.3, -0.25) is 0 Å². The summed E-state index contributed by atoms with van der Waals surface area (Å²) in [6.07, 6.45) is 2.44. The maximum atomic E-state index is 12.4. The minimum absolute atomic E-state index is 0.00558. The third-order valence-corrected chi connectivity index (χ3v) is 4.43. The van der Waals surface area contributed by atoms with Gasteiger partial charge in [-0.05, 0) is 39.3 Å². The van der Waals surface area contributed by atoms with Crippen molar-refractivity contribution in [2.24, 2.45) is 5.41 Å². The van der Waals surface area contributed by atoms with Crippen LogP contribution in [0, 0.1) is 5.41 Å². The highest BCUT2D eigenvalue weighted by atomic mass is 16.8. The number of hydrogen-bond donors (Lipinski definition) is 0. The molecule has 0 aromatic carbocycles. The quantitative estimate of drug-likeness (QED) is 0.353. The molecule has 2 aliphatic rings. The highest BCUT2D eigenvalue weighted by Gasteiger charge is 2.34. The van der Waals surface area contributed by atoms with Gasteiger partial charge in [-0.1, -0.05) is 19.9 Å². The highest BCUT2D eigenvalue weighted by Crippen LogP contribution is 2.27. The van der Waals surface area contributed by atoms with Crippen LogP contribution in [0.5, 0.6) is 0 Å². The van der Waals surface area contributed by atoms with E-state index in [1.54, 1.807) is 19.1 Å². The van der Waals surface area contributed by atoms with Crippen LogP contribution in [0.1, 0.15) is 48.0 Å². The SMILES string of the molecule is CCOC(=O)C(=C/CC1OCC(C)(C)CO1)/C=C(\C)C1OC(C)C(OCC)O1. The molecule has 2 heterocycles. The molecule has 0 aliphatic carbocycles. The molecule has 7 heteroatoms. The van der Waals surface area contributed by atoms with Crippen LogP contribution < -0.4 is 0 Å². The summed E-state index contributed by atoms with van der Waals surface area (Å²) >= 11 is 0. The lowest BCUT2D eigenvalue weighted by Crippen LogP contribution is -2.37. The molecule has 2 rings (SSSR count). The second-order valence-corrected chi connectivity index (χ2v) is 7.85. The molecule has 160 valence electrons. The largest absolute Gasteiger partial charge is 0.462 e. The molecule has 0 amide bonds. The van der Waals surface area contributed by atoms with Gasteiger partial charge in [0.15, 0.2) is 18.9 Å². The highest BCUT2D eigenvalue weighted by molar-refractivity contribution is 5.91. The summed E-state index contributed by atoms with van der Waals surface area (Å²) in [5.74, 6) is -0.398. The van der Waals surface area contributed by atoms with Gasteiger partial charge in [-0.15, -0.1) is 0 Å². The molecule has 0 radical (unpaired) electrons. The normalized spacial score (nSPS) is 29.1. The van der Waals surface area contributed by atoms with Crippen molar-refractivity contribution in [1.29, 1.82) is 0 Å². The van der Waals surface area contributed by atoms with E-state index < -0.39 is 18.5 Å². The number of carbonyl (C=O) groups is 1. The summed E-state index contributed by atoms with van der Waals surface area (Å²) in [6, 6.07) is 0. The van der Waals surface area contributed by atoms with Crippen molar-refractivity contribution < 1.29 is 33.2 Å². The summed E-state index contributed by atoms with van der Waals surface area (Å²) in [5, 5.41) is 0. The Morgan fingerprint density at radius 1 is 1.14 bits per heavy atom. The standard InChI is InChI=1S/C21H34O7/c1-7-23-18(22)16(9-10-17-25-12-21(5,6)13-26-17)11-14(3)19-27-15(4)20(28-19)24-8-2/h9,11,15,17,19-20H,7-8,10,12-13H2,1-6H3/b14-11+,16-9+. The Bertz CT molecular complexity index is 571. The van der Waals surface area contributed by atoms with Crippen molar-refractivity contribution in [1.82, 2.24) is 0 Å². The van der Waals surface area contributed by atoms with E-state index in [-0.39, 0.29) is 17.8 Å². The van der Waals surface area contributed by atoms with Crippen molar-refractivity contribution in [2.75, 3.05) is 26.4 Å². The molecule has 2 aliphatic heterocycles. The second kappa shape index (κ2) is 10.5. The Balaban J connectivity index is 2.05. The molecule has 2 fully saturated rings. The maximum absolute atomic E-state index is 12.4. The predicted octanol–water partition coefficient (Wildman–Crippen LogP) is 3.34. The number of rotatable bonds is 8. The molecule has 0 N–H and O–H groups in total. The molecule has 0 spiro atoms. The van der Waals surface area contributed by atoms with Crippen LogP contribution in [0.2, 0.25) is 0 Å². The van der Waals surface area contributed by atoms with Crippen molar-refractivity contribution in [3.8, 4) is 0 Å². The fraction of sp³-hybridized carbons (Fsp3) is 0.762. The van der Waals surface area contributed by atoms with E-state index in [2.05, 4.69) is 13.8 Å². The molecule has 7 nitrogen and oxygen atoms in total. The summed E-state index contributed by atoms with van der Waals surface area (Å²) in [4.78, 5) is 12.4. The minimum atomic E-state index is -0.563. The fourth-order valence-corrected chi connectivity index (χ4v) is 2.89. The Morgan fingerprint density at radius 2 is 1.82 bits per heavy atom. The monoisotopic (exact) mass is 398 g/mol. The summed E-state index contributed by atoms with van der Waals surface area (Å²) < 4.78 is 33.8. The number of ether oxygens (including phenoxy) is 6. The number of hydrogen-bond acceptors (Lipinski definition) is 7. The van der Waals surface area contributed by atoms with Crippen molar-refractivity contribution in [3.05, 3.63) is 23.3 Å². The molecular formula is C21H34O7. The van der Waals surface area contributed by atoms with Crippen LogP contribution in [0.25, 0.3) is 0 Å². The molecule has 3 unspecified atom stereocenters. The molecule has 2 saturated heterocycles. The van der Waals surface area contributed by atoms with E-state index in [1.807, 2.05) is 20.8 Å². The van der Waals surface area contributed by atoms with E-state index in [1.165, 1.54) is 0 Å². The van der Waals surface area contributed by atoms with E-state index >= 15 is 0 Å². The summed E-state index contributed by atoms with van der Waals surface area (Å²) in [6.45, 7) is 13.7. The van der Waals surface area contributed by atoms with Crippen LogP contribution in [-0.4, -0.2) is 57.4 Å². The van der Waals surface area contributed by atoms with Crippen LogP contribution in [0.3, 0.4) is 0 Å². The van der Waals surface area contributed by atoms with Crippen molar-refractivity contribution >= 4 is 5.97 Å². The van der Waals surface area contributed by atoms with Crippen molar-refractivity contribution in [2.45, 2.75) is 72.9 Å². The zero-order chi connectivity index (χ0) is 20.7. The smallest absolute Gasteiger partial charge is 0.337 e. The zero-order valence-corrected chi connectivity index (χ0v) is 17.9. The molecule has 0 aromatic rings. The average molecular weight is 398 g/mol. The Kier molecular flexibility index (Phi) is 8.64. The molecular weight excluding hydrogens is 364 g/mol. The lowest BCUT2D eigenvalue weighted by molar-refractivity contribution is -0.219. The van der Waals surface area contributed by atoms with Crippen molar-refractivity contribution in [3.63, 3.8) is 0 Å². The van der Waals surface area contributed by atoms with Gasteiger partial charge in [0.1, 0.15) is 6.10 Å². The second-order valence-electron chi connectivity index (χ2n) is 7.85. The van der Waals surface area contributed by atoms with Gasteiger partial charge in [0, 0.05) is 18.4 Å². The molecule has 3 atom stereocenters. The van der Waals surface area contributed by atoms with E-state index in [4.69, 9.17) is 28.4 Å². The van der Waals surface area contributed by atoms with E-state index in [0.29, 0.717) is 38.4 Å². The van der Waals surface area contributed by atoms with Gasteiger partial charge in [0.25, 0.3) is 0 Å². The first kappa shape index (κ1) is 23.0. The molecule has 0 aromatic heterocycles. The Morgan fingerprint density at radius 3 is 2.43 bits per heavy atom. The summed E-state index contributed by atoms with van der Waals surface area (Å²) in [5.41, 5.74) is 1.20. The van der Waals surface area contributed by atoms with Gasteiger partial charge in [0.05, 0.1) is 25.4 Å². The van der Waals surface area contributed by atoms with Crippen LogP contribution >= 0.6 is 0 Å². The summed E-state index contributed by atoms with van der Waals surface area (Å²) in [7, 11) is 0. The third kappa shape index (κ3) is 6.67. The minimum Gasteiger partial charge on any atom is -0.462 e. The molecule has 28 heavy (non-hydrogen) atoms. The van der Waals surface area contributed by atoms with Gasteiger partial charge in [0.2, 0.25) is 0 Å². The van der Waals surface area contributed by atoms with Crippen LogP contribution in [0.4, 0.5) is 0 Å². The average Bonchev–Trinajstić information content (AvgIpc) is 3.01. The lowest BCUT2D eigenvalue weighted by Gasteiger charge is -2.34. The first-order valence-corrected chi connectivity index (χ1v) is 9.97. The first-order chi connectivity index (χ1) is 13.3. The first-order valence-electron chi connectivity index (χ1n) is 9.97. The Labute approximate surface area is 167 Å². The molecule has 0 bridgehead atoms. The van der Waals surface area contributed by atoms with Gasteiger partial charge in [-0.25, -0.2) is 4.79 Å². The third-order valence-electron chi connectivity index (χ3n) is 4.43. The van der Waals surface area contributed by atoms with E-state index in [0.717, 1.165) is 5.57 Å². The van der Waals surface area contributed by atoms with Gasteiger partial charge < -0.3 is 28.4 Å². The fourth-order valence-electron chi connectivity index (χ4n) is 2.89. The topological polar surface area (TPSA) is 72.5 Å². The lowest BCUT2D eigenvalue weighted by atomic mass is 9.95. The zero-order valence-electron chi connectivity index (χ0n) is 17.9. The van der Waals surface area contributed by atoms with Gasteiger partial charge >= 0.3 is 5.97 Å². The van der Waals surface area contributed by atoms with Crippen LogP contribution in [-0.2, 0) is 33.2 Å². The van der Waals surface area contributed by atoms with E-state index in [9.17, 15) is 4.79 Å². The number of carbonyl (C=O) groups excluding carboxylic acids is 1. The number of esters is 1.